The summed E-state index contributed by atoms with van der Waals surface area (Å²) in [6.45, 7) is 3.03. The lowest BCUT2D eigenvalue weighted by atomic mass is 9.92. The molecule has 2 unspecified atom stereocenters. The molecule has 2 rings (SSSR count). The second-order valence-electron chi connectivity index (χ2n) is 5.16. The molecular weight excluding hydrogens is 255 g/mol. The first-order valence-corrected chi connectivity index (χ1v) is 6.80. The summed E-state index contributed by atoms with van der Waals surface area (Å²) in [5.74, 6) is -0.232. The number of nitrogens with one attached hydrogen (secondary N) is 1. The van der Waals surface area contributed by atoms with Crippen LogP contribution in [0.15, 0.2) is 12.4 Å². The first-order chi connectivity index (χ1) is 9.00. The van der Waals surface area contributed by atoms with E-state index in [1.54, 1.807) is 6.20 Å². The molecule has 0 aromatic carbocycles. The second kappa shape index (κ2) is 5.94. The van der Waals surface area contributed by atoms with Gasteiger partial charge in [-0.3, -0.25) is 0 Å². The van der Waals surface area contributed by atoms with Crippen LogP contribution in [0.4, 0.5) is 13.2 Å². The molecule has 0 aliphatic carbocycles. The van der Waals surface area contributed by atoms with Crippen molar-refractivity contribution in [2.45, 2.75) is 51.4 Å². The van der Waals surface area contributed by atoms with Gasteiger partial charge in [0.15, 0.2) is 0 Å². The van der Waals surface area contributed by atoms with Crippen molar-refractivity contribution < 1.29 is 13.2 Å². The maximum Gasteiger partial charge on any atom is 0.393 e. The standard InChI is InChI=1S/C13H20F3N3/c1-2-6-19-7-5-17-12(19)8-11-4-3-10(9-18-11)13(14,15)16/h5,7,10-11,18H,2-4,6,8-9H2,1H3. The van der Waals surface area contributed by atoms with Gasteiger partial charge in [0.05, 0.1) is 5.92 Å². The summed E-state index contributed by atoms with van der Waals surface area (Å²) < 4.78 is 39.7. The van der Waals surface area contributed by atoms with Crippen LogP contribution >= 0.6 is 0 Å². The largest absolute Gasteiger partial charge is 0.393 e. The van der Waals surface area contributed by atoms with Gasteiger partial charge in [0.2, 0.25) is 0 Å². The molecule has 2 heterocycles. The lowest BCUT2D eigenvalue weighted by molar-refractivity contribution is -0.179. The number of imidazole rings is 1. The molecule has 1 aromatic rings. The van der Waals surface area contributed by atoms with E-state index in [1.165, 1.54) is 0 Å². The maximum atomic E-state index is 12.6. The van der Waals surface area contributed by atoms with E-state index in [1.807, 2.05) is 6.20 Å². The Hall–Kier alpha value is -1.04. The van der Waals surface area contributed by atoms with Crippen LogP contribution in [0, 0.1) is 5.92 Å². The molecule has 0 spiro atoms. The molecule has 1 fully saturated rings. The smallest absolute Gasteiger partial charge is 0.335 e. The SMILES string of the molecule is CCCn1ccnc1CC1CCC(C(F)(F)F)CN1. The van der Waals surface area contributed by atoms with Crippen LogP contribution < -0.4 is 5.32 Å². The molecule has 1 aliphatic rings. The molecule has 0 bridgehead atoms. The molecule has 0 amide bonds. The maximum absolute atomic E-state index is 12.6. The Kier molecular flexibility index (Phi) is 4.50. The molecule has 1 N–H and O–H groups in total. The quantitative estimate of drug-likeness (QED) is 0.915. The van der Waals surface area contributed by atoms with Crippen LogP contribution in [0.2, 0.25) is 0 Å². The van der Waals surface area contributed by atoms with E-state index in [-0.39, 0.29) is 19.0 Å². The number of rotatable bonds is 4. The topological polar surface area (TPSA) is 29.9 Å². The van der Waals surface area contributed by atoms with Gasteiger partial charge >= 0.3 is 6.18 Å². The Labute approximate surface area is 111 Å². The van der Waals surface area contributed by atoms with Gasteiger partial charge in [-0.25, -0.2) is 4.98 Å². The summed E-state index contributed by atoms with van der Waals surface area (Å²) in [5, 5.41) is 3.01. The van der Waals surface area contributed by atoms with Crippen molar-refractivity contribution >= 4 is 0 Å². The van der Waals surface area contributed by atoms with Crippen molar-refractivity contribution in [2.75, 3.05) is 6.54 Å². The number of alkyl halides is 3. The fourth-order valence-electron chi connectivity index (χ4n) is 2.56. The predicted molar refractivity (Wildman–Crippen MR) is 66.8 cm³/mol. The van der Waals surface area contributed by atoms with Gasteiger partial charge in [-0.05, 0) is 19.3 Å². The van der Waals surface area contributed by atoms with Crippen LogP contribution in [0.1, 0.15) is 32.0 Å². The highest BCUT2D eigenvalue weighted by Crippen LogP contribution is 2.32. The van der Waals surface area contributed by atoms with Crippen molar-refractivity contribution in [3.8, 4) is 0 Å². The molecule has 108 valence electrons. The van der Waals surface area contributed by atoms with Crippen LogP contribution in [0.3, 0.4) is 0 Å². The average Bonchev–Trinajstić information content (AvgIpc) is 2.77. The lowest BCUT2D eigenvalue weighted by Gasteiger charge is -2.31. The Balaban J connectivity index is 1.87. The monoisotopic (exact) mass is 275 g/mol. The van der Waals surface area contributed by atoms with Gasteiger partial charge in [0.25, 0.3) is 0 Å². The summed E-state index contributed by atoms with van der Waals surface area (Å²) in [6.07, 6.45) is 2.12. The highest BCUT2D eigenvalue weighted by atomic mass is 19.4. The minimum absolute atomic E-state index is 0.0304. The highest BCUT2D eigenvalue weighted by Gasteiger charge is 2.41. The van der Waals surface area contributed by atoms with Gasteiger partial charge in [-0.1, -0.05) is 6.92 Å². The third-order valence-corrected chi connectivity index (χ3v) is 3.67. The highest BCUT2D eigenvalue weighted by molar-refractivity contribution is 4.97. The summed E-state index contributed by atoms with van der Waals surface area (Å²) in [6, 6.07) is 0.108. The molecule has 0 saturated carbocycles. The van der Waals surface area contributed by atoms with Crippen LogP contribution in [-0.4, -0.2) is 28.3 Å². The third-order valence-electron chi connectivity index (χ3n) is 3.67. The Morgan fingerprint density at radius 1 is 1.42 bits per heavy atom. The number of aryl methyl sites for hydroxylation is 1. The van der Waals surface area contributed by atoms with E-state index in [0.29, 0.717) is 12.8 Å². The molecule has 6 heteroatoms. The number of halogens is 3. The number of hydrogen-bond donors (Lipinski definition) is 1. The fraction of sp³-hybridized carbons (Fsp3) is 0.769. The Bertz CT molecular complexity index is 392. The van der Waals surface area contributed by atoms with Crippen LogP contribution in [-0.2, 0) is 13.0 Å². The number of aromatic nitrogens is 2. The van der Waals surface area contributed by atoms with Gasteiger partial charge < -0.3 is 9.88 Å². The van der Waals surface area contributed by atoms with Gasteiger partial charge in [-0.2, -0.15) is 13.2 Å². The molecule has 0 radical (unpaired) electrons. The van der Waals surface area contributed by atoms with Crippen LogP contribution in [0.25, 0.3) is 0 Å². The number of nitrogens with zero attached hydrogens (tertiary/aromatic N) is 2. The van der Waals surface area contributed by atoms with E-state index in [4.69, 9.17) is 0 Å². The van der Waals surface area contributed by atoms with Gasteiger partial charge in [0, 0.05) is 37.9 Å². The van der Waals surface area contributed by atoms with Crippen molar-refractivity contribution in [1.29, 1.82) is 0 Å². The summed E-state index contributed by atoms with van der Waals surface area (Å²) in [7, 11) is 0. The van der Waals surface area contributed by atoms with E-state index in [0.717, 1.165) is 18.8 Å². The van der Waals surface area contributed by atoms with Gasteiger partial charge in [0.1, 0.15) is 5.82 Å². The predicted octanol–water partition coefficient (Wildman–Crippen LogP) is 2.77. The normalized spacial score (nSPS) is 24.6. The van der Waals surface area contributed by atoms with E-state index >= 15 is 0 Å². The third kappa shape index (κ3) is 3.72. The molecule has 2 atom stereocenters. The zero-order valence-corrected chi connectivity index (χ0v) is 11.1. The molecule has 3 nitrogen and oxygen atoms in total. The Morgan fingerprint density at radius 2 is 2.21 bits per heavy atom. The molecule has 1 aromatic heterocycles. The van der Waals surface area contributed by atoms with Gasteiger partial charge in [-0.15, -0.1) is 0 Å². The van der Waals surface area contributed by atoms with Crippen molar-refractivity contribution in [3.05, 3.63) is 18.2 Å². The van der Waals surface area contributed by atoms with E-state index in [2.05, 4.69) is 21.8 Å². The molecular formula is C13H20F3N3. The van der Waals surface area contributed by atoms with Crippen molar-refractivity contribution in [1.82, 2.24) is 14.9 Å². The average molecular weight is 275 g/mol. The first kappa shape index (κ1) is 14.4. The van der Waals surface area contributed by atoms with E-state index in [9.17, 15) is 13.2 Å². The van der Waals surface area contributed by atoms with Crippen LogP contribution in [0.5, 0.6) is 0 Å². The van der Waals surface area contributed by atoms with Crippen molar-refractivity contribution in [2.24, 2.45) is 5.92 Å². The summed E-state index contributed by atoms with van der Waals surface area (Å²) in [4.78, 5) is 4.30. The minimum atomic E-state index is -4.07. The summed E-state index contributed by atoms with van der Waals surface area (Å²) >= 11 is 0. The van der Waals surface area contributed by atoms with Crippen molar-refractivity contribution in [3.63, 3.8) is 0 Å². The lowest BCUT2D eigenvalue weighted by Crippen LogP contribution is -2.45. The minimum Gasteiger partial charge on any atom is -0.335 e. The zero-order chi connectivity index (χ0) is 13.9. The van der Waals surface area contributed by atoms with E-state index < -0.39 is 12.1 Å². The molecule has 1 saturated heterocycles. The number of piperidine rings is 1. The summed E-state index contributed by atoms with van der Waals surface area (Å²) in [5.41, 5.74) is 0. The zero-order valence-electron chi connectivity index (χ0n) is 11.1. The number of hydrogen-bond acceptors (Lipinski definition) is 2. The Morgan fingerprint density at radius 3 is 2.79 bits per heavy atom. The second-order valence-corrected chi connectivity index (χ2v) is 5.16. The molecule has 1 aliphatic heterocycles. The fourth-order valence-corrected chi connectivity index (χ4v) is 2.56. The molecule has 19 heavy (non-hydrogen) atoms. The first-order valence-electron chi connectivity index (χ1n) is 6.80.